The van der Waals surface area contributed by atoms with Gasteiger partial charge in [-0.3, -0.25) is 4.79 Å². The van der Waals surface area contributed by atoms with Crippen LogP contribution in [0, 0.1) is 0 Å². The van der Waals surface area contributed by atoms with Crippen LogP contribution in [0.15, 0.2) is 65.3 Å². The van der Waals surface area contributed by atoms with Gasteiger partial charge in [-0.05, 0) is 36.8 Å². The summed E-state index contributed by atoms with van der Waals surface area (Å²) in [7, 11) is 0. The molecule has 0 bridgehead atoms. The van der Waals surface area contributed by atoms with Gasteiger partial charge in [0.2, 0.25) is 5.89 Å². The van der Waals surface area contributed by atoms with E-state index in [2.05, 4.69) is 10.3 Å². The first-order valence-electron chi connectivity index (χ1n) is 7.31. The molecular weight excluding hydrogens is 290 g/mol. The van der Waals surface area contributed by atoms with Gasteiger partial charge in [-0.2, -0.15) is 0 Å². The Morgan fingerprint density at radius 3 is 2.52 bits per heavy atom. The zero-order valence-electron chi connectivity index (χ0n) is 12.7. The number of carbonyl (C=O) groups excluding carboxylic acids is 1. The zero-order chi connectivity index (χ0) is 16.2. The lowest BCUT2D eigenvalue weighted by Crippen LogP contribution is -2.26. The molecule has 116 valence electrons. The fourth-order valence-electron chi connectivity index (χ4n) is 2.23. The predicted molar refractivity (Wildman–Crippen MR) is 88.7 cm³/mol. The van der Waals surface area contributed by atoms with Gasteiger partial charge in [0.05, 0.1) is 6.04 Å². The molecule has 0 spiro atoms. The number of nitrogen functional groups attached to an aromatic ring is 1. The van der Waals surface area contributed by atoms with E-state index in [1.54, 1.807) is 24.3 Å². The monoisotopic (exact) mass is 307 g/mol. The molecule has 3 N–H and O–H groups in total. The van der Waals surface area contributed by atoms with Crippen molar-refractivity contribution in [3.63, 3.8) is 0 Å². The summed E-state index contributed by atoms with van der Waals surface area (Å²) in [5, 5.41) is 2.90. The van der Waals surface area contributed by atoms with Crippen LogP contribution < -0.4 is 11.1 Å². The molecule has 0 aliphatic carbocycles. The van der Waals surface area contributed by atoms with Crippen molar-refractivity contribution in [2.45, 2.75) is 13.0 Å². The van der Waals surface area contributed by atoms with Crippen LogP contribution in [0.1, 0.15) is 29.0 Å². The van der Waals surface area contributed by atoms with Crippen molar-refractivity contribution >= 4 is 11.6 Å². The Morgan fingerprint density at radius 2 is 1.83 bits per heavy atom. The molecule has 0 fully saturated rings. The summed E-state index contributed by atoms with van der Waals surface area (Å²) in [5.74, 6) is 0.120. The van der Waals surface area contributed by atoms with Crippen LogP contribution in [0.2, 0.25) is 0 Å². The molecule has 0 radical (unpaired) electrons. The first-order chi connectivity index (χ1) is 11.1. The van der Waals surface area contributed by atoms with Crippen molar-refractivity contribution in [1.82, 2.24) is 10.3 Å². The maximum Gasteiger partial charge on any atom is 0.273 e. The van der Waals surface area contributed by atoms with Crippen molar-refractivity contribution in [2.24, 2.45) is 0 Å². The minimum atomic E-state index is -0.271. The van der Waals surface area contributed by atoms with E-state index in [0.717, 1.165) is 11.1 Å². The normalized spacial score (nSPS) is 11.9. The summed E-state index contributed by atoms with van der Waals surface area (Å²) in [6.07, 6.45) is 1.36. The van der Waals surface area contributed by atoms with Gasteiger partial charge in [-0.1, -0.05) is 30.3 Å². The van der Waals surface area contributed by atoms with E-state index in [0.29, 0.717) is 11.6 Å². The van der Waals surface area contributed by atoms with Crippen molar-refractivity contribution < 1.29 is 9.21 Å². The number of rotatable bonds is 4. The Labute approximate surface area is 134 Å². The van der Waals surface area contributed by atoms with Gasteiger partial charge in [0.25, 0.3) is 5.91 Å². The minimum Gasteiger partial charge on any atom is -0.444 e. The van der Waals surface area contributed by atoms with Crippen LogP contribution in [-0.4, -0.2) is 10.9 Å². The maximum absolute atomic E-state index is 12.3. The predicted octanol–water partition coefficient (Wildman–Crippen LogP) is 3.41. The van der Waals surface area contributed by atoms with Crippen LogP contribution in [0.4, 0.5) is 5.69 Å². The second-order valence-electron chi connectivity index (χ2n) is 5.27. The van der Waals surface area contributed by atoms with Crippen LogP contribution in [0.5, 0.6) is 0 Å². The highest BCUT2D eigenvalue weighted by Crippen LogP contribution is 2.20. The Kier molecular flexibility index (Phi) is 4.10. The largest absolute Gasteiger partial charge is 0.444 e. The third-order valence-corrected chi connectivity index (χ3v) is 3.54. The molecule has 1 atom stereocenters. The first kappa shape index (κ1) is 14.8. The van der Waals surface area contributed by atoms with Gasteiger partial charge in [0.15, 0.2) is 5.69 Å². The van der Waals surface area contributed by atoms with E-state index in [-0.39, 0.29) is 17.6 Å². The third kappa shape index (κ3) is 3.40. The van der Waals surface area contributed by atoms with Gasteiger partial charge >= 0.3 is 0 Å². The molecule has 2 aromatic carbocycles. The Bertz CT molecular complexity index is 795. The third-order valence-electron chi connectivity index (χ3n) is 3.54. The van der Waals surface area contributed by atoms with Gasteiger partial charge in [0, 0.05) is 11.3 Å². The Hall–Kier alpha value is -3.08. The number of benzene rings is 2. The highest BCUT2D eigenvalue weighted by molar-refractivity contribution is 5.92. The average Bonchev–Trinajstić information content (AvgIpc) is 3.06. The lowest BCUT2D eigenvalue weighted by molar-refractivity contribution is 0.0935. The number of carbonyl (C=O) groups is 1. The van der Waals surface area contributed by atoms with E-state index in [1.807, 2.05) is 37.3 Å². The molecule has 0 saturated carbocycles. The highest BCUT2D eigenvalue weighted by Gasteiger charge is 2.16. The molecule has 3 rings (SSSR count). The SMILES string of the molecule is CC(NC(=O)c1coc(-c2ccc(N)cc2)n1)c1ccccc1. The summed E-state index contributed by atoms with van der Waals surface area (Å²) in [6.45, 7) is 1.92. The molecule has 1 unspecified atom stereocenters. The number of amides is 1. The second-order valence-corrected chi connectivity index (χ2v) is 5.27. The molecule has 1 amide bonds. The van der Waals surface area contributed by atoms with Crippen LogP contribution in [-0.2, 0) is 0 Å². The molecule has 3 aromatic rings. The molecule has 1 aromatic heterocycles. The topological polar surface area (TPSA) is 81.2 Å². The minimum absolute atomic E-state index is 0.111. The van der Waals surface area contributed by atoms with Crippen molar-refractivity contribution in [1.29, 1.82) is 0 Å². The van der Waals surface area contributed by atoms with E-state index in [1.165, 1.54) is 6.26 Å². The summed E-state index contributed by atoms with van der Waals surface area (Å²) < 4.78 is 5.39. The Morgan fingerprint density at radius 1 is 1.13 bits per heavy atom. The zero-order valence-corrected chi connectivity index (χ0v) is 12.7. The van der Waals surface area contributed by atoms with Crippen LogP contribution >= 0.6 is 0 Å². The molecule has 1 heterocycles. The van der Waals surface area contributed by atoms with Gasteiger partial charge in [-0.25, -0.2) is 4.98 Å². The van der Waals surface area contributed by atoms with Gasteiger partial charge < -0.3 is 15.5 Å². The number of nitrogens with zero attached hydrogens (tertiary/aromatic N) is 1. The number of hydrogen-bond donors (Lipinski definition) is 2. The number of hydrogen-bond acceptors (Lipinski definition) is 4. The van der Waals surface area contributed by atoms with Gasteiger partial charge in [-0.15, -0.1) is 0 Å². The van der Waals surface area contributed by atoms with E-state index in [9.17, 15) is 4.79 Å². The van der Waals surface area contributed by atoms with Crippen LogP contribution in [0.25, 0.3) is 11.5 Å². The molecular formula is C18H17N3O2. The number of nitrogens with one attached hydrogen (secondary N) is 1. The molecule has 0 saturated heterocycles. The number of nitrogens with two attached hydrogens (primary N) is 1. The standard InChI is InChI=1S/C18H17N3O2/c1-12(13-5-3-2-4-6-13)20-17(22)16-11-23-18(21-16)14-7-9-15(19)10-8-14/h2-12H,19H2,1H3,(H,20,22). The first-order valence-corrected chi connectivity index (χ1v) is 7.31. The van der Waals surface area contributed by atoms with Gasteiger partial charge in [0.1, 0.15) is 6.26 Å². The van der Waals surface area contributed by atoms with E-state index in [4.69, 9.17) is 10.2 Å². The Balaban J connectivity index is 1.72. The molecule has 5 heteroatoms. The lowest BCUT2D eigenvalue weighted by Gasteiger charge is -2.12. The molecule has 0 aliphatic heterocycles. The van der Waals surface area contributed by atoms with Crippen LogP contribution in [0.3, 0.4) is 0 Å². The second kappa shape index (κ2) is 6.36. The summed E-state index contributed by atoms with van der Waals surface area (Å²) in [6, 6.07) is 16.8. The highest BCUT2D eigenvalue weighted by atomic mass is 16.3. The fourth-order valence-corrected chi connectivity index (χ4v) is 2.23. The summed E-state index contributed by atoms with van der Waals surface area (Å²) >= 11 is 0. The average molecular weight is 307 g/mol. The quantitative estimate of drug-likeness (QED) is 0.724. The van der Waals surface area contributed by atoms with Crippen molar-refractivity contribution in [2.75, 3.05) is 5.73 Å². The summed E-state index contributed by atoms with van der Waals surface area (Å²) in [4.78, 5) is 16.5. The number of aromatic nitrogens is 1. The van der Waals surface area contributed by atoms with Crippen molar-refractivity contribution in [3.8, 4) is 11.5 Å². The number of oxazole rings is 1. The maximum atomic E-state index is 12.3. The lowest BCUT2D eigenvalue weighted by atomic mass is 10.1. The smallest absolute Gasteiger partial charge is 0.273 e. The molecule has 5 nitrogen and oxygen atoms in total. The molecule has 0 aliphatic rings. The molecule has 23 heavy (non-hydrogen) atoms. The van der Waals surface area contributed by atoms with E-state index >= 15 is 0 Å². The summed E-state index contributed by atoms with van der Waals surface area (Å²) in [5.41, 5.74) is 8.37. The number of anilines is 1. The fraction of sp³-hybridized carbons (Fsp3) is 0.111. The van der Waals surface area contributed by atoms with Crippen molar-refractivity contribution in [3.05, 3.63) is 72.1 Å². The van der Waals surface area contributed by atoms with E-state index < -0.39 is 0 Å².